The average Bonchev–Trinajstić information content (AvgIpc) is 2.76. The first kappa shape index (κ1) is 15.3. The SMILES string of the molecule is O=C1C[C@@H](Nc2ccc(I)cc2)C(=O)N1c1cccc(Cl)c1. The Balaban J connectivity index is 1.81. The second kappa shape index (κ2) is 6.26. The number of benzene rings is 2. The number of carbonyl (C=O) groups excluding carboxylic acids is 2. The van der Waals surface area contributed by atoms with Crippen LogP contribution >= 0.6 is 34.2 Å². The van der Waals surface area contributed by atoms with Crippen molar-refractivity contribution < 1.29 is 9.59 Å². The topological polar surface area (TPSA) is 49.4 Å². The van der Waals surface area contributed by atoms with Crippen LogP contribution in [0.3, 0.4) is 0 Å². The number of anilines is 2. The molecule has 1 fully saturated rings. The molecule has 1 N–H and O–H groups in total. The maximum absolute atomic E-state index is 12.5. The molecular weight excluding hydrogens is 415 g/mol. The van der Waals surface area contributed by atoms with E-state index in [1.54, 1.807) is 24.3 Å². The molecule has 1 heterocycles. The lowest BCUT2D eigenvalue weighted by molar-refractivity contribution is -0.121. The molecule has 1 aliphatic heterocycles. The summed E-state index contributed by atoms with van der Waals surface area (Å²) in [6, 6.07) is 13.9. The van der Waals surface area contributed by atoms with Crippen LogP contribution in [0.25, 0.3) is 0 Å². The summed E-state index contributed by atoms with van der Waals surface area (Å²) < 4.78 is 1.11. The van der Waals surface area contributed by atoms with Crippen molar-refractivity contribution in [2.75, 3.05) is 10.2 Å². The van der Waals surface area contributed by atoms with Crippen LogP contribution in [0.5, 0.6) is 0 Å². The van der Waals surface area contributed by atoms with Gasteiger partial charge in [0.05, 0.1) is 12.1 Å². The van der Waals surface area contributed by atoms with Crippen LogP contribution < -0.4 is 10.2 Å². The molecule has 22 heavy (non-hydrogen) atoms. The molecule has 1 aliphatic rings. The van der Waals surface area contributed by atoms with Crippen LogP contribution in [-0.2, 0) is 9.59 Å². The molecule has 2 aromatic rings. The zero-order valence-electron chi connectivity index (χ0n) is 11.4. The molecule has 0 saturated carbocycles. The van der Waals surface area contributed by atoms with E-state index in [4.69, 9.17) is 11.6 Å². The van der Waals surface area contributed by atoms with E-state index in [9.17, 15) is 9.59 Å². The summed E-state index contributed by atoms with van der Waals surface area (Å²) in [4.78, 5) is 25.9. The fourth-order valence-corrected chi connectivity index (χ4v) is 2.92. The lowest BCUT2D eigenvalue weighted by atomic mass is 10.2. The van der Waals surface area contributed by atoms with Gasteiger partial charge in [0, 0.05) is 14.3 Å². The maximum Gasteiger partial charge on any atom is 0.256 e. The van der Waals surface area contributed by atoms with E-state index in [1.807, 2.05) is 24.3 Å². The van der Waals surface area contributed by atoms with E-state index in [1.165, 1.54) is 4.90 Å². The highest BCUT2D eigenvalue weighted by Gasteiger charge is 2.39. The number of nitrogens with one attached hydrogen (secondary N) is 1. The highest BCUT2D eigenvalue weighted by Crippen LogP contribution is 2.27. The van der Waals surface area contributed by atoms with E-state index >= 15 is 0 Å². The molecule has 6 heteroatoms. The molecule has 0 aromatic heterocycles. The third-order valence-corrected chi connectivity index (χ3v) is 4.35. The second-order valence-corrected chi connectivity index (χ2v) is 6.64. The first-order valence-corrected chi connectivity index (χ1v) is 8.15. The Morgan fingerprint density at radius 1 is 1.14 bits per heavy atom. The molecule has 2 aromatic carbocycles. The molecule has 3 rings (SSSR count). The van der Waals surface area contributed by atoms with Gasteiger partial charge in [0.2, 0.25) is 5.91 Å². The molecular formula is C16H12ClIN2O2. The highest BCUT2D eigenvalue weighted by atomic mass is 127. The van der Waals surface area contributed by atoms with Gasteiger partial charge >= 0.3 is 0 Å². The Kier molecular flexibility index (Phi) is 4.35. The molecule has 0 unspecified atom stereocenters. The van der Waals surface area contributed by atoms with E-state index in [-0.39, 0.29) is 18.2 Å². The van der Waals surface area contributed by atoms with Crippen molar-refractivity contribution in [3.63, 3.8) is 0 Å². The van der Waals surface area contributed by atoms with Crippen LogP contribution in [0.2, 0.25) is 5.02 Å². The number of nitrogens with zero attached hydrogens (tertiary/aromatic N) is 1. The van der Waals surface area contributed by atoms with Crippen molar-refractivity contribution in [2.45, 2.75) is 12.5 Å². The number of amides is 2. The van der Waals surface area contributed by atoms with E-state index in [2.05, 4.69) is 27.9 Å². The third-order valence-electron chi connectivity index (χ3n) is 3.40. The summed E-state index contributed by atoms with van der Waals surface area (Å²) in [5.74, 6) is -0.485. The summed E-state index contributed by atoms with van der Waals surface area (Å²) in [5.41, 5.74) is 1.33. The minimum atomic E-state index is -0.549. The fourth-order valence-electron chi connectivity index (χ4n) is 2.38. The smallest absolute Gasteiger partial charge is 0.256 e. The van der Waals surface area contributed by atoms with E-state index in [0.29, 0.717) is 10.7 Å². The van der Waals surface area contributed by atoms with Gasteiger partial charge in [0.1, 0.15) is 6.04 Å². The van der Waals surface area contributed by atoms with Gasteiger partial charge in [0.25, 0.3) is 5.91 Å². The lowest BCUT2D eigenvalue weighted by Crippen LogP contribution is -2.34. The predicted octanol–water partition coefficient (Wildman–Crippen LogP) is 3.69. The van der Waals surface area contributed by atoms with Gasteiger partial charge in [-0.05, 0) is 65.1 Å². The van der Waals surface area contributed by atoms with Crippen molar-refractivity contribution in [3.8, 4) is 0 Å². The van der Waals surface area contributed by atoms with Gasteiger partial charge in [-0.2, -0.15) is 0 Å². The Morgan fingerprint density at radius 2 is 1.86 bits per heavy atom. The largest absolute Gasteiger partial charge is 0.373 e. The first-order chi connectivity index (χ1) is 10.5. The highest BCUT2D eigenvalue weighted by molar-refractivity contribution is 14.1. The Labute approximate surface area is 146 Å². The van der Waals surface area contributed by atoms with Gasteiger partial charge < -0.3 is 5.32 Å². The second-order valence-electron chi connectivity index (χ2n) is 4.96. The molecule has 0 aliphatic carbocycles. The minimum absolute atomic E-state index is 0.136. The van der Waals surface area contributed by atoms with Crippen molar-refractivity contribution in [1.29, 1.82) is 0 Å². The Bertz CT molecular complexity index is 733. The van der Waals surface area contributed by atoms with Gasteiger partial charge in [-0.15, -0.1) is 0 Å². The predicted molar refractivity (Wildman–Crippen MR) is 95.1 cm³/mol. The van der Waals surface area contributed by atoms with E-state index in [0.717, 1.165) is 9.26 Å². The molecule has 0 spiro atoms. The van der Waals surface area contributed by atoms with Crippen molar-refractivity contribution in [1.82, 2.24) is 0 Å². The van der Waals surface area contributed by atoms with Gasteiger partial charge in [-0.3, -0.25) is 9.59 Å². The quantitative estimate of drug-likeness (QED) is 0.602. The Morgan fingerprint density at radius 3 is 2.55 bits per heavy atom. The van der Waals surface area contributed by atoms with Gasteiger partial charge in [-0.25, -0.2) is 4.90 Å². The molecule has 0 bridgehead atoms. The van der Waals surface area contributed by atoms with Crippen LogP contribution in [0.1, 0.15) is 6.42 Å². The zero-order chi connectivity index (χ0) is 15.7. The number of hydrogen-bond donors (Lipinski definition) is 1. The molecule has 4 nitrogen and oxygen atoms in total. The van der Waals surface area contributed by atoms with E-state index < -0.39 is 6.04 Å². The van der Waals surface area contributed by atoms with Crippen LogP contribution in [-0.4, -0.2) is 17.9 Å². The molecule has 1 saturated heterocycles. The number of imide groups is 1. The molecule has 112 valence electrons. The summed E-state index contributed by atoms with van der Waals surface area (Å²) >= 11 is 8.15. The van der Waals surface area contributed by atoms with Crippen LogP contribution in [0, 0.1) is 3.57 Å². The third kappa shape index (κ3) is 3.10. The average molecular weight is 427 g/mol. The fraction of sp³-hybridized carbons (Fsp3) is 0.125. The summed E-state index contributed by atoms with van der Waals surface area (Å²) in [7, 11) is 0. The summed E-state index contributed by atoms with van der Waals surface area (Å²) in [6.45, 7) is 0. The number of hydrogen-bond acceptors (Lipinski definition) is 3. The maximum atomic E-state index is 12.5. The number of rotatable bonds is 3. The number of halogens is 2. The van der Waals surface area contributed by atoms with Crippen molar-refractivity contribution in [2.24, 2.45) is 0 Å². The zero-order valence-corrected chi connectivity index (χ0v) is 14.3. The summed E-state index contributed by atoms with van der Waals surface area (Å²) in [6.07, 6.45) is 0.136. The molecule has 0 radical (unpaired) electrons. The minimum Gasteiger partial charge on any atom is -0.373 e. The lowest BCUT2D eigenvalue weighted by Gasteiger charge is -2.16. The Hall–Kier alpha value is -1.60. The van der Waals surface area contributed by atoms with Gasteiger partial charge in [-0.1, -0.05) is 17.7 Å². The molecule has 1 atom stereocenters. The normalized spacial score (nSPS) is 17.9. The monoisotopic (exact) mass is 426 g/mol. The van der Waals surface area contributed by atoms with Crippen molar-refractivity contribution in [3.05, 3.63) is 57.1 Å². The molecule has 2 amide bonds. The number of carbonyl (C=O) groups is 2. The summed E-state index contributed by atoms with van der Waals surface area (Å²) in [5, 5.41) is 3.61. The van der Waals surface area contributed by atoms with Crippen LogP contribution in [0.15, 0.2) is 48.5 Å². The standard InChI is InChI=1S/C16H12ClIN2O2/c17-10-2-1-3-13(8-10)20-15(21)9-14(16(20)22)19-12-6-4-11(18)5-7-12/h1-8,14,19H,9H2/t14-/m1/s1. The van der Waals surface area contributed by atoms with Crippen LogP contribution in [0.4, 0.5) is 11.4 Å². The van der Waals surface area contributed by atoms with Crippen molar-refractivity contribution >= 4 is 57.4 Å². The van der Waals surface area contributed by atoms with Gasteiger partial charge in [0.15, 0.2) is 0 Å². The first-order valence-electron chi connectivity index (χ1n) is 6.69.